The molecule has 34 heavy (non-hydrogen) atoms. The van der Waals surface area contributed by atoms with Gasteiger partial charge in [0.1, 0.15) is 6.29 Å². The standard InChI is InChI=1S/C9H11NO2.C8H5NO2.C6H10O3S2/c1-3-4-5-7-6(2)8(11)10-9(7)12;10-7-5-3-1-2-4-6(5)8(11)9-7;7-3-1-4-10-11-5-2-6(8)9/h4-5H,3H2,1-2H3,(H,10,11,12);1-4H,(H,9,10,11);3H,1-2,4-5H2,(H,8,9)/b5-4-;;. The Morgan fingerprint density at radius 2 is 1.50 bits per heavy atom. The molecule has 2 aliphatic heterocycles. The van der Waals surface area contributed by atoms with Crippen molar-refractivity contribution in [3.63, 3.8) is 0 Å². The monoisotopic (exact) mass is 506 g/mol. The first-order chi connectivity index (χ1) is 16.2. The lowest BCUT2D eigenvalue weighted by atomic mass is 10.1. The van der Waals surface area contributed by atoms with Crippen LogP contribution in [0.15, 0.2) is 47.6 Å². The molecule has 0 aliphatic carbocycles. The van der Waals surface area contributed by atoms with Crippen molar-refractivity contribution in [2.75, 3.05) is 11.5 Å². The smallest absolute Gasteiger partial charge is 0.304 e. The highest BCUT2D eigenvalue weighted by atomic mass is 33.1. The molecule has 11 heteroatoms. The second-order valence-corrected chi connectivity index (χ2v) is 9.41. The third-order valence-electron chi connectivity index (χ3n) is 4.18. The summed E-state index contributed by atoms with van der Waals surface area (Å²) in [6, 6.07) is 6.74. The Morgan fingerprint density at radius 3 is 1.97 bits per heavy atom. The number of carboxylic acid groups (broad SMARTS) is 1. The van der Waals surface area contributed by atoms with E-state index in [0.717, 1.165) is 18.5 Å². The van der Waals surface area contributed by atoms with Crippen molar-refractivity contribution in [1.82, 2.24) is 10.6 Å². The molecule has 2 aliphatic rings. The highest BCUT2D eigenvalue weighted by Gasteiger charge is 2.25. The van der Waals surface area contributed by atoms with Crippen LogP contribution >= 0.6 is 21.6 Å². The lowest BCUT2D eigenvalue weighted by Crippen LogP contribution is -2.22. The van der Waals surface area contributed by atoms with Gasteiger partial charge in [0.05, 0.1) is 17.5 Å². The lowest BCUT2D eigenvalue weighted by molar-refractivity contribution is -0.136. The summed E-state index contributed by atoms with van der Waals surface area (Å²) in [7, 11) is 3.04. The number of fused-ring (bicyclic) bond motifs is 1. The SMILES string of the molecule is CC/C=C\C1=C(C)C(=O)NC1=O.O=C1NC(=O)c2ccccc21.O=CCCSSCCC(=O)O. The molecule has 0 aromatic heterocycles. The Balaban J connectivity index is 0.000000255. The van der Waals surface area contributed by atoms with E-state index < -0.39 is 5.97 Å². The first kappa shape index (κ1) is 28.9. The second kappa shape index (κ2) is 15.6. The van der Waals surface area contributed by atoms with E-state index >= 15 is 0 Å². The molecule has 4 amide bonds. The summed E-state index contributed by atoms with van der Waals surface area (Å²) in [6.45, 7) is 3.62. The van der Waals surface area contributed by atoms with E-state index in [1.165, 1.54) is 10.8 Å². The van der Waals surface area contributed by atoms with Gasteiger partial charge in [-0.2, -0.15) is 0 Å². The Bertz CT molecular complexity index is 970. The molecule has 3 N–H and O–H groups in total. The van der Waals surface area contributed by atoms with Crippen LogP contribution in [0.25, 0.3) is 0 Å². The normalized spacial score (nSPS) is 14.1. The van der Waals surface area contributed by atoms with Gasteiger partial charge in [0.25, 0.3) is 23.6 Å². The largest absolute Gasteiger partial charge is 0.481 e. The maximum atomic E-state index is 11.1. The summed E-state index contributed by atoms with van der Waals surface area (Å²) in [5.41, 5.74) is 1.93. The van der Waals surface area contributed by atoms with E-state index in [9.17, 15) is 28.8 Å². The Morgan fingerprint density at radius 1 is 0.941 bits per heavy atom. The van der Waals surface area contributed by atoms with Crippen LogP contribution < -0.4 is 10.6 Å². The fraction of sp³-hybridized carbons (Fsp3) is 0.304. The predicted molar refractivity (Wildman–Crippen MR) is 131 cm³/mol. The molecule has 0 fully saturated rings. The van der Waals surface area contributed by atoms with Gasteiger partial charge in [-0.1, -0.05) is 52.8 Å². The van der Waals surface area contributed by atoms with Crippen molar-refractivity contribution >= 4 is 57.5 Å². The van der Waals surface area contributed by atoms with Crippen LogP contribution in [-0.4, -0.2) is 52.5 Å². The van der Waals surface area contributed by atoms with Crippen molar-refractivity contribution < 1.29 is 33.9 Å². The van der Waals surface area contributed by atoms with E-state index in [2.05, 4.69) is 10.6 Å². The number of nitrogens with one attached hydrogen (secondary N) is 2. The summed E-state index contributed by atoms with van der Waals surface area (Å²) >= 11 is 0. The molecule has 2 heterocycles. The maximum absolute atomic E-state index is 11.1. The Labute approximate surface area is 205 Å². The Hall–Kier alpha value is -3.18. The predicted octanol–water partition coefficient (Wildman–Crippen LogP) is 2.93. The molecule has 1 aromatic carbocycles. The van der Waals surface area contributed by atoms with Crippen molar-refractivity contribution in [2.45, 2.75) is 33.1 Å². The minimum atomic E-state index is -0.770. The number of benzene rings is 1. The zero-order valence-corrected chi connectivity index (χ0v) is 20.4. The van der Waals surface area contributed by atoms with Crippen LogP contribution in [0.5, 0.6) is 0 Å². The van der Waals surface area contributed by atoms with Gasteiger partial charge in [-0.15, -0.1) is 0 Å². The summed E-state index contributed by atoms with van der Waals surface area (Å²) in [4.78, 5) is 63.7. The van der Waals surface area contributed by atoms with Crippen LogP contribution in [0, 0.1) is 0 Å². The van der Waals surface area contributed by atoms with Crippen LogP contribution in [0.1, 0.15) is 53.8 Å². The first-order valence-electron chi connectivity index (χ1n) is 10.3. The number of carboxylic acids is 1. The summed E-state index contributed by atoms with van der Waals surface area (Å²) in [6.07, 6.45) is 6.01. The minimum absolute atomic E-state index is 0.193. The number of aliphatic carboxylic acids is 1. The number of aldehydes is 1. The third kappa shape index (κ3) is 9.75. The molecular weight excluding hydrogens is 480 g/mol. The number of rotatable bonds is 9. The number of hydrogen-bond donors (Lipinski definition) is 3. The molecule has 0 atom stereocenters. The molecule has 0 bridgehead atoms. The van der Waals surface area contributed by atoms with Gasteiger partial charge in [-0.3, -0.25) is 34.6 Å². The van der Waals surface area contributed by atoms with Crippen LogP contribution in [-0.2, 0) is 19.2 Å². The fourth-order valence-corrected chi connectivity index (χ4v) is 4.39. The molecule has 0 spiro atoms. The summed E-state index contributed by atoms with van der Waals surface area (Å²) in [5, 5.41) is 12.7. The van der Waals surface area contributed by atoms with Gasteiger partial charge < -0.3 is 9.90 Å². The molecule has 0 radical (unpaired) electrons. The molecule has 0 saturated heterocycles. The van der Waals surface area contributed by atoms with Gasteiger partial charge in [0, 0.05) is 29.1 Å². The molecule has 0 unspecified atom stereocenters. The fourth-order valence-electron chi connectivity index (χ4n) is 2.45. The van der Waals surface area contributed by atoms with E-state index in [-0.39, 0.29) is 30.0 Å². The van der Waals surface area contributed by atoms with Gasteiger partial charge in [0.2, 0.25) is 0 Å². The summed E-state index contributed by atoms with van der Waals surface area (Å²) < 4.78 is 0. The van der Waals surface area contributed by atoms with Gasteiger partial charge >= 0.3 is 5.97 Å². The topological polar surface area (TPSA) is 147 Å². The number of imide groups is 2. The first-order valence-corrected chi connectivity index (χ1v) is 12.8. The average molecular weight is 507 g/mol. The number of amides is 4. The summed E-state index contributed by atoms with van der Waals surface area (Å²) in [5.74, 6) is -0.560. The van der Waals surface area contributed by atoms with Crippen molar-refractivity contribution in [3.8, 4) is 0 Å². The van der Waals surface area contributed by atoms with E-state index in [1.807, 2.05) is 13.0 Å². The average Bonchev–Trinajstić information content (AvgIpc) is 3.23. The maximum Gasteiger partial charge on any atom is 0.304 e. The van der Waals surface area contributed by atoms with E-state index in [4.69, 9.17) is 5.11 Å². The van der Waals surface area contributed by atoms with E-state index in [1.54, 1.807) is 48.1 Å². The number of allylic oxidation sites excluding steroid dienone is 1. The van der Waals surface area contributed by atoms with Crippen LogP contribution in [0.3, 0.4) is 0 Å². The molecule has 1 aromatic rings. The zero-order chi connectivity index (χ0) is 25.5. The van der Waals surface area contributed by atoms with Crippen molar-refractivity contribution in [1.29, 1.82) is 0 Å². The van der Waals surface area contributed by atoms with E-state index in [0.29, 0.717) is 34.4 Å². The zero-order valence-electron chi connectivity index (χ0n) is 18.8. The molecule has 182 valence electrons. The van der Waals surface area contributed by atoms with Crippen LogP contribution in [0.2, 0.25) is 0 Å². The van der Waals surface area contributed by atoms with Crippen molar-refractivity contribution in [2.24, 2.45) is 0 Å². The number of carbonyl (C=O) groups excluding carboxylic acids is 5. The highest BCUT2D eigenvalue weighted by Crippen LogP contribution is 2.22. The second-order valence-electron chi connectivity index (χ2n) is 6.70. The molecule has 3 rings (SSSR count). The third-order valence-corrected chi connectivity index (χ3v) is 6.62. The minimum Gasteiger partial charge on any atom is -0.481 e. The van der Waals surface area contributed by atoms with Gasteiger partial charge in [0.15, 0.2) is 0 Å². The van der Waals surface area contributed by atoms with Gasteiger partial charge in [-0.25, -0.2) is 0 Å². The lowest BCUT2D eigenvalue weighted by Gasteiger charge is -1.94. The van der Waals surface area contributed by atoms with Crippen molar-refractivity contribution in [3.05, 3.63) is 58.7 Å². The quantitative estimate of drug-likeness (QED) is 0.199. The highest BCUT2D eigenvalue weighted by molar-refractivity contribution is 8.76. The Kier molecular flexibility index (Phi) is 13.3. The molecular formula is C23H26N2O7S2. The number of carbonyl (C=O) groups is 6. The van der Waals surface area contributed by atoms with Gasteiger partial charge in [-0.05, 0) is 25.5 Å². The molecule has 9 nitrogen and oxygen atoms in total. The molecule has 0 saturated carbocycles. The number of hydrogen-bond acceptors (Lipinski definition) is 8. The van der Waals surface area contributed by atoms with Crippen LogP contribution in [0.4, 0.5) is 0 Å².